The molecule has 0 spiro atoms. The van der Waals surface area contributed by atoms with E-state index in [4.69, 9.17) is 4.74 Å². The number of ether oxygens (including phenoxy) is 1. The van der Waals surface area contributed by atoms with Crippen molar-refractivity contribution in [1.82, 2.24) is 0 Å². The maximum Gasteiger partial charge on any atom is 0.419 e. The summed E-state index contributed by atoms with van der Waals surface area (Å²) in [4.78, 5) is 12.4. The van der Waals surface area contributed by atoms with Crippen molar-refractivity contribution in [3.05, 3.63) is 77.1 Å². The van der Waals surface area contributed by atoms with Crippen LogP contribution in [-0.4, -0.2) is 5.97 Å². The van der Waals surface area contributed by atoms with Gasteiger partial charge in [0, 0.05) is 6.07 Å². The van der Waals surface area contributed by atoms with Gasteiger partial charge in [-0.15, -0.1) is 0 Å². The molecule has 2 aromatic carbocycles. The van der Waals surface area contributed by atoms with Crippen molar-refractivity contribution in [1.29, 1.82) is 0 Å². The van der Waals surface area contributed by atoms with Crippen LogP contribution >= 0.6 is 0 Å². The van der Waals surface area contributed by atoms with E-state index >= 15 is 0 Å². The first kappa shape index (κ1) is 25.5. The number of rotatable bonds is 6. The van der Waals surface area contributed by atoms with Crippen molar-refractivity contribution in [3.8, 4) is 5.75 Å². The van der Waals surface area contributed by atoms with Crippen LogP contribution in [0, 0.1) is 23.6 Å². The molecule has 0 amide bonds. The molecule has 2 nitrogen and oxygen atoms in total. The number of esters is 1. The Kier molecular flexibility index (Phi) is 7.98. The summed E-state index contributed by atoms with van der Waals surface area (Å²) < 4.78 is 57.0. The minimum absolute atomic E-state index is 0.260. The summed E-state index contributed by atoms with van der Waals surface area (Å²) in [6.45, 7) is 2.08. The highest BCUT2D eigenvalue weighted by atomic mass is 19.4. The highest BCUT2D eigenvalue weighted by molar-refractivity contribution is 5.91. The standard InChI is InChI=1S/C29H32F4O2/c1-2-3-4-5-19-6-7-24-17-23(13-12-22(24)16-19)20-8-10-21(11-9-20)28(34)35-25-14-15-26(27(30)18-25)29(31,32)33/h2-3,8-11,14-15,18-19,22-24H,4-7,12-13,16-17H2,1H3/b3-2+. The molecule has 35 heavy (non-hydrogen) atoms. The van der Waals surface area contributed by atoms with Gasteiger partial charge < -0.3 is 4.74 Å². The van der Waals surface area contributed by atoms with E-state index in [0.717, 1.165) is 30.2 Å². The summed E-state index contributed by atoms with van der Waals surface area (Å²) >= 11 is 0. The number of carbonyl (C=O) groups excluding carboxylic acids is 1. The smallest absolute Gasteiger partial charge is 0.419 e. The van der Waals surface area contributed by atoms with Gasteiger partial charge in [0.25, 0.3) is 0 Å². The predicted octanol–water partition coefficient (Wildman–Crippen LogP) is 8.72. The summed E-state index contributed by atoms with van der Waals surface area (Å²) in [7, 11) is 0. The lowest BCUT2D eigenvalue weighted by Gasteiger charge is -2.42. The van der Waals surface area contributed by atoms with E-state index < -0.39 is 23.5 Å². The second kappa shape index (κ2) is 11.0. The average molecular weight is 489 g/mol. The number of alkyl halides is 3. The van der Waals surface area contributed by atoms with Gasteiger partial charge in [0.15, 0.2) is 0 Å². The number of benzene rings is 2. The van der Waals surface area contributed by atoms with Gasteiger partial charge in [0.05, 0.1) is 11.1 Å². The van der Waals surface area contributed by atoms with Gasteiger partial charge in [-0.25, -0.2) is 9.18 Å². The Labute approximate surface area is 204 Å². The summed E-state index contributed by atoms with van der Waals surface area (Å²) in [6, 6.07) is 9.36. The zero-order valence-electron chi connectivity index (χ0n) is 20.0. The van der Waals surface area contributed by atoms with Crippen LogP contribution in [0.25, 0.3) is 0 Å². The van der Waals surface area contributed by atoms with E-state index in [1.165, 1.54) is 50.5 Å². The third kappa shape index (κ3) is 6.33. The summed E-state index contributed by atoms with van der Waals surface area (Å²) in [5, 5.41) is 0. The third-order valence-electron chi connectivity index (χ3n) is 7.77. The van der Waals surface area contributed by atoms with E-state index in [1.54, 1.807) is 12.1 Å². The van der Waals surface area contributed by atoms with Crippen molar-refractivity contribution in [2.24, 2.45) is 17.8 Å². The molecule has 4 rings (SSSR count). The van der Waals surface area contributed by atoms with Gasteiger partial charge in [-0.3, -0.25) is 0 Å². The van der Waals surface area contributed by atoms with Crippen LogP contribution in [0.4, 0.5) is 17.6 Å². The molecule has 2 fully saturated rings. The van der Waals surface area contributed by atoms with Crippen molar-refractivity contribution < 1.29 is 27.1 Å². The van der Waals surface area contributed by atoms with Crippen molar-refractivity contribution in [2.75, 3.05) is 0 Å². The Morgan fingerprint density at radius 1 is 1.00 bits per heavy atom. The van der Waals surface area contributed by atoms with Gasteiger partial charge in [-0.05, 0) is 105 Å². The molecule has 2 aromatic rings. The highest BCUT2D eigenvalue weighted by Crippen LogP contribution is 2.48. The SMILES string of the molecule is C/C=C/CCC1CCC2CC(c3ccc(C(=O)Oc4ccc(C(F)(F)F)c(F)c4)cc3)CCC2C1. The van der Waals surface area contributed by atoms with Crippen LogP contribution in [0.15, 0.2) is 54.6 Å². The van der Waals surface area contributed by atoms with E-state index in [9.17, 15) is 22.4 Å². The van der Waals surface area contributed by atoms with Crippen molar-refractivity contribution in [3.63, 3.8) is 0 Å². The van der Waals surface area contributed by atoms with E-state index in [2.05, 4.69) is 19.1 Å². The monoisotopic (exact) mass is 488 g/mol. The van der Waals surface area contributed by atoms with Crippen LogP contribution in [0.5, 0.6) is 5.75 Å². The molecule has 2 saturated carbocycles. The molecule has 188 valence electrons. The molecule has 2 aliphatic rings. The quantitative estimate of drug-likeness (QED) is 0.176. The molecule has 6 heteroatoms. The molecule has 0 aromatic heterocycles. The Hall–Kier alpha value is -2.63. The predicted molar refractivity (Wildman–Crippen MR) is 128 cm³/mol. The molecule has 0 heterocycles. The number of halogens is 4. The number of hydrogen-bond acceptors (Lipinski definition) is 2. The number of allylic oxidation sites excluding steroid dienone is 2. The fourth-order valence-corrected chi connectivity index (χ4v) is 5.90. The van der Waals surface area contributed by atoms with E-state index in [-0.39, 0.29) is 11.3 Å². The number of hydrogen-bond donors (Lipinski definition) is 0. The van der Waals surface area contributed by atoms with Crippen LogP contribution < -0.4 is 4.74 Å². The maximum absolute atomic E-state index is 13.8. The molecule has 0 N–H and O–H groups in total. The van der Waals surface area contributed by atoms with E-state index in [1.807, 2.05) is 12.1 Å². The largest absolute Gasteiger partial charge is 0.423 e. The summed E-state index contributed by atoms with van der Waals surface area (Å²) in [5.41, 5.74) is 0.0960. The molecular weight excluding hydrogens is 456 g/mol. The Balaban J connectivity index is 1.32. The number of carbonyl (C=O) groups is 1. The zero-order valence-corrected chi connectivity index (χ0v) is 20.0. The lowest BCUT2D eigenvalue weighted by molar-refractivity contribution is -0.140. The summed E-state index contributed by atoms with van der Waals surface area (Å²) in [5.74, 6) is 0.470. The molecule has 2 aliphatic carbocycles. The third-order valence-corrected chi connectivity index (χ3v) is 7.77. The van der Waals surface area contributed by atoms with Gasteiger partial charge >= 0.3 is 12.1 Å². The normalized spacial score (nSPS) is 24.8. The summed E-state index contributed by atoms with van der Waals surface area (Å²) in [6.07, 6.45) is 9.64. The molecule has 0 radical (unpaired) electrons. The van der Waals surface area contributed by atoms with Gasteiger partial charge in [-0.2, -0.15) is 13.2 Å². The first-order valence-electron chi connectivity index (χ1n) is 12.5. The van der Waals surface area contributed by atoms with E-state index in [0.29, 0.717) is 18.1 Å². The lowest BCUT2D eigenvalue weighted by Crippen LogP contribution is -2.30. The zero-order chi connectivity index (χ0) is 25.0. The molecule has 0 saturated heterocycles. The minimum Gasteiger partial charge on any atom is -0.423 e. The Morgan fingerprint density at radius 3 is 2.40 bits per heavy atom. The lowest BCUT2D eigenvalue weighted by atomic mass is 9.63. The Bertz CT molecular complexity index is 1040. The molecule has 0 aliphatic heterocycles. The highest BCUT2D eigenvalue weighted by Gasteiger charge is 2.36. The second-order valence-corrected chi connectivity index (χ2v) is 10.0. The van der Waals surface area contributed by atoms with Gasteiger partial charge in [0.1, 0.15) is 11.6 Å². The Morgan fingerprint density at radius 2 is 1.71 bits per heavy atom. The van der Waals surface area contributed by atoms with Gasteiger partial charge in [0.2, 0.25) is 0 Å². The fourth-order valence-electron chi connectivity index (χ4n) is 5.90. The van der Waals surface area contributed by atoms with Crippen molar-refractivity contribution in [2.45, 2.75) is 70.4 Å². The molecule has 4 atom stereocenters. The first-order chi connectivity index (χ1) is 16.7. The topological polar surface area (TPSA) is 26.3 Å². The van der Waals surface area contributed by atoms with Crippen LogP contribution in [0.2, 0.25) is 0 Å². The average Bonchev–Trinajstić information content (AvgIpc) is 2.83. The molecule has 4 unspecified atom stereocenters. The first-order valence-corrected chi connectivity index (χ1v) is 12.5. The molecular formula is C29H32F4O2. The van der Waals surface area contributed by atoms with Crippen LogP contribution in [0.3, 0.4) is 0 Å². The maximum atomic E-state index is 13.8. The fraction of sp³-hybridized carbons (Fsp3) is 0.483. The van der Waals surface area contributed by atoms with Gasteiger partial charge in [-0.1, -0.05) is 30.7 Å². The van der Waals surface area contributed by atoms with Crippen molar-refractivity contribution >= 4 is 5.97 Å². The second-order valence-electron chi connectivity index (χ2n) is 10.0. The number of fused-ring (bicyclic) bond motifs is 1. The van der Waals surface area contributed by atoms with Crippen LogP contribution in [-0.2, 0) is 6.18 Å². The molecule has 0 bridgehead atoms. The van der Waals surface area contributed by atoms with Crippen LogP contribution in [0.1, 0.15) is 85.7 Å². The minimum atomic E-state index is -4.80.